The predicted molar refractivity (Wildman–Crippen MR) is 164 cm³/mol. The summed E-state index contributed by atoms with van der Waals surface area (Å²) in [6.07, 6.45) is 0. The quantitative estimate of drug-likeness (QED) is 0.222. The lowest BCUT2D eigenvalue weighted by atomic mass is 9.87. The van der Waals surface area contributed by atoms with Crippen molar-refractivity contribution >= 4 is 40.0 Å². The lowest BCUT2D eigenvalue weighted by molar-refractivity contribution is -0.144. The van der Waals surface area contributed by atoms with Crippen molar-refractivity contribution in [2.24, 2.45) is 0 Å². The third-order valence-corrected chi connectivity index (χ3v) is 11.4. The zero-order valence-electron chi connectivity index (χ0n) is 23.3. The molecule has 1 unspecified atom stereocenters. The van der Waals surface area contributed by atoms with Crippen LogP contribution in [-0.2, 0) is 19.1 Å². The number of esters is 2. The molecule has 0 aromatic heterocycles. The summed E-state index contributed by atoms with van der Waals surface area (Å²) in [6.45, 7) is 4.37. The minimum atomic E-state index is -3.04. The highest BCUT2D eigenvalue weighted by atomic mass is 31.2. The Labute approximate surface area is 236 Å². The first-order chi connectivity index (χ1) is 19.4. The van der Waals surface area contributed by atoms with E-state index in [2.05, 4.69) is 0 Å². The number of carbonyl (C=O) groups is 2. The molecule has 0 spiro atoms. The van der Waals surface area contributed by atoms with E-state index < -0.39 is 24.7 Å². The van der Waals surface area contributed by atoms with Crippen LogP contribution in [0.25, 0.3) is 0 Å². The molecule has 4 aromatic rings. The molecule has 6 heteroatoms. The number of aromatic hydroxyl groups is 1. The third-order valence-electron chi connectivity index (χ3n) is 7.07. The first kappa shape index (κ1) is 28.9. The second-order valence-electron chi connectivity index (χ2n) is 9.41. The maximum atomic E-state index is 14.4. The van der Waals surface area contributed by atoms with Crippen molar-refractivity contribution in [1.82, 2.24) is 0 Å². The fourth-order valence-electron chi connectivity index (χ4n) is 5.36. The standard InChI is InChI=1S/C34H35O5P/c1-5-38-33(36)31(30-24(3)22-23-29(35)25(30)4)32(34(37)39-6-2)40(26-16-10-7-11-17-26,27-18-12-8-13-19-27)28-20-14-9-15-21-28/h7-23,31,35H,5-6H2,1-4H3. The summed E-state index contributed by atoms with van der Waals surface area (Å²) in [4.78, 5) is 28.6. The van der Waals surface area contributed by atoms with Gasteiger partial charge in [-0.1, -0.05) is 97.1 Å². The molecule has 1 atom stereocenters. The Balaban J connectivity index is 2.38. The molecule has 0 heterocycles. The fourth-order valence-corrected chi connectivity index (χ4v) is 9.91. The van der Waals surface area contributed by atoms with Gasteiger partial charge in [0.1, 0.15) is 11.7 Å². The van der Waals surface area contributed by atoms with Crippen LogP contribution in [0.5, 0.6) is 5.75 Å². The lowest BCUT2D eigenvalue weighted by Crippen LogP contribution is -2.40. The first-order valence-electron chi connectivity index (χ1n) is 13.4. The molecule has 0 saturated heterocycles. The average Bonchev–Trinajstić information content (AvgIpc) is 2.98. The minimum Gasteiger partial charge on any atom is -0.508 e. The minimum absolute atomic E-state index is 0.0428. The van der Waals surface area contributed by atoms with E-state index in [9.17, 15) is 14.7 Å². The SMILES string of the molecule is CCOC(=O)C(C(C(=O)OCC)c1c(C)ccc(O)c1C)=P(c1ccccc1)(c1ccccc1)c1ccccc1. The second kappa shape index (κ2) is 12.8. The van der Waals surface area contributed by atoms with Gasteiger partial charge in [0, 0.05) is 0 Å². The van der Waals surface area contributed by atoms with E-state index in [1.807, 2.05) is 97.9 Å². The summed E-state index contributed by atoms with van der Waals surface area (Å²) in [6, 6.07) is 32.9. The topological polar surface area (TPSA) is 72.8 Å². The number of hydrogen-bond acceptors (Lipinski definition) is 5. The molecule has 0 aliphatic carbocycles. The van der Waals surface area contributed by atoms with Crippen molar-refractivity contribution in [2.45, 2.75) is 33.6 Å². The molecule has 1 N–H and O–H groups in total. The fraction of sp³-hybridized carbons (Fsp3) is 0.206. The normalized spacial score (nSPS) is 11.9. The molecule has 4 rings (SSSR count). The molecule has 0 fully saturated rings. The van der Waals surface area contributed by atoms with Gasteiger partial charge in [0.15, 0.2) is 0 Å². The van der Waals surface area contributed by atoms with Crippen molar-refractivity contribution in [3.63, 3.8) is 0 Å². The Kier molecular flexibility index (Phi) is 9.29. The van der Waals surface area contributed by atoms with E-state index >= 15 is 0 Å². The van der Waals surface area contributed by atoms with Crippen molar-refractivity contribution in [3.8, 4) is 5.75 Å². The van der Waals surface area contributed by atoms with Gasteiger partial charge in [-0.15, -0.1) is 0 Å². The monoisotopic (exact) mass is 554 g/mol. The molecule has 4 aromatic carbocycles. The highest BCUT2D eigenvalue weighted by molar-refractivity contribution is 7.96. The first-order valence-corrected chi connectivity index (χ1v) is 15.2. The molecule has 0 saturated carbocycles. The zero-order valence-corrected chi connectivity index (χ0v) is 24.2. The average molecular weight is 555 g/mol. The van der Waals surface area contributed by atoms with Crippen LogP contribution in [0.4, 0.5) is 0 Å². The lowest BCUT2D eigenvalue weighted by Gasteiger charge is -2.35. The van der Waals surface area contributed by atoms with E-state index in [1.165, 1.54) is 0 Å². The second-order valence-corrected chi connectivity index (χ2v) is 12.8. The summed E-state index contributed by atoms with van der Waals surface area (Å²) in [5.74, 6) is -2.21. The van der Waals surface area contributed by atoms with E-state index in [1.54, 1.807) is 32.9 Å². The van der Waals surface area contributed by atoms with Gasteiger partial charge in [0.2, 0.25) is 0 Å². The Morgan fingerprint density at radius 2 is 1.15 bits per heavy atom. The Hall–Kier alpha value is -4.08. The van der Waals surface area contributed by atoms with Crippen LogP contribution in [0.15, 0.2) is 103 Å². The molecule has 0 aliphatic heterocycles. The maximum Gasteiger partial charge on any atom is 0.336 e. The summed E-state index contributed by atoms with van der Waals surface area (Å²) in [5, 5.41) is 13.8. The molecule has 206 valence electrons. The smallest absolute Gasteiger partial charge is 0.336 e. The maximum absolute atomic E-state index is 14.4. The predicted octanol–water partition coefficient (Wildman–Crippen LogP) is 5.39. The van der Waals surface area contributed by atoms with E-state index in [4.69, 9.17) is 9.47 Å². The summed E-state index contributed by atoms with van der Waals surface area (Å²) >= 11 is 0. The molecule has 0 radical (unpaired) electrons. The summed E-state index contributed by atoms with van der Waals surface area (Å²) in [5.41, 5.74) is 1.84. The van der Waals surface area contributed by atoms with Crippen LogP contribution in [0, 0.1) is 13.8 Å². The number of hydrogen-bond donors (Lipinski definition) is 1. The number of carbonyl (C=O) groups excluding carboxylic acids is 2. The van der Waals surface area contributed by atoms with E-state index in [-0.39, 0.29) is 19.0 Å². The highest BCUT2D eigenvalue weighted by Gasteiger charge is 2.43. The molecule has 40 heavy (non-hydrogen) atoms. The largest absolute Gasteiger partial charge is 0.508 e. The van der Waals surface area contributed by atoms with Crippen LogP contribution in [0.3, 0.4) is 0 Å². The van der Waals surface area contributed by atoms with Crippen LogP contribution >= 0.6 is 6.89 Å². The van der Waals surface area contributed by atoms with Crippen LogP contribution < -0.4 is 15.9 Å². The van der Waals surface area contributed by atoms with E-state index in [0.717, 1.165) is 21.5 Å². The zero-order chi connectivity index (χ0) is 28.7. The van der Waals surface area contributed by atoms with Gasteiger partial charge in [-0.25, -0.2) is 4.79 Å². The van der Waals surface area contributed by atoms with Gasteiger partial charge in [0.25, 0.3) is 0 Å². The Morgan fingerprint density at radius 3 is 1.57 bits per heavy atom. The van der Waals surface area contributed by atoms with Gasteiger partial charge in [-0.3, -0.25) is 4.79 Å². The van der Waals surface area contributed by atoms with Gasteiger partial charge in [-0.05, 0) is 73.3 Å². The molecular weight excluding hydrogens is 519 g/mol. The van der Waals surface area contributed by atoms with Crippen LogP contribution in [0.1, 0.15) is 36.5 Å². The van der Waals surface area contributed by atoms with Gasteiger partial charge in [0.05, 0.1) is 18.5 Å². The number of phenols is 1. The molecule has 0 bridgehead atoms. The number of ether oxygens (including phenoxy) is 2. The van der Waals surface area contributed by atoms with Crippen molar-refractivity contribution in [2.75, 3.05) is 13.2 Å². The molecule has 0 amide bonds. The van der Waals surface area contributed by atoms with Gasteiger partial charge >= 0.3 is 11.9 Å². The van der Waals surface area contributed by atoms with Crippen molar-refractivity contribution < 1.29 is 24.2 Å². The van der Waals surface area contributed by atoms with Gasteiger partial charge < -0.3 is 14.6 Å². The molecular formula is C34H35O5P. The Bertz CT molecular complexity index is 1430. The third kappa shape index (κ3) is 5.35. The number of rotatable bonds is 9. The van der Waals surface area contributed by atoms with E-state index in [0.29, 0.717) is 16.4 Å². The molecule has 0 aliphatic rings. The van der Waals surface area contributed by atoms with Gasteiger partial charge in [-0.2, -0.15) is 0 Å². The van der Waals surface area contributed by atoms with Crippen LogP contribution in [0.2, 0.25) is 0 Å². The molecule has 5 nitrogen and oxygen atoms in total. The number of phenolic OH excluding ortho intramolecular Hbond substituents is 1. The highest BCUT2D eigenvalue weighted by Crippen LogP contribution is 2.50. The van der Waals surface area contributed by atoms with Crippen molar-refractivity contribution in [3.05, 3.63) is 120 Å². The summed E-state index contributed by atoms with van der Waals surface area (Å²) < 4.78 is 11.5. The number of benzene rings is 4. The Morgan fingerprint density at radius 1 is 0.700 bits per heavy atom. The summed E-state index contributed by atoms with van der Waals surface area (Å²) in [7, 11) is 0. The number of aryl methyl sites for hydroxylation is 1. The van der Waals surface area contributed by atoms with Crippen LogP contribution in [-0.4, -0.2) is 35.6 Å². The van der Waals surface area contributed by atoms with Crippen molar-refractivity contribution in [1.29, 1.82) is 0 Å².